The molecule has 0 aliphatic rings. The van der Waals surface area contributed by atoms with Crippen molar-refractivity contribution >= 4 is 23.1 Å². The number of aromatic nitrogens is 2. The van der Waals surface area contributed by atoms with Gasteiger partial charge < -0.3 is 5.32 Å². The van der Waals surface area contributed by atoms with Crippen molar-refractivity contribution in [1.82, 2.24) is 10.2 Å². The summed E-state index contributed by atoms with van der Waals surface area (Å²) in [5.41, 5.74) is 4.17. The van der Waals surface area contributed by atoms with Gasteiger partial charge in [0, 0.05) is 0 Å². The largest absolute Gasteiger partial charge is 0.336 e. The van der Waals surface area contributed by atoms with Gasteiger partial charge in [-0.1, -0.05) is 31.5 Å². The number of nitrogens with one attached hydrogen (secondary N) is 1. The van der Waals surface area contributed by atoms with Crippen molar-refractivity contribution in [3.63, 3.8) is 0 Å². The quantitative estimate of drug-likeness (QED) is 0.920. The summed E-state index contributed by atoms with van der Waals surface area (Å²) in [5.74, 6) is 0.457. The maximum absolute atomic E-state index is 9.46. The fourth-order valence-electron chi connectivity index (χ4n) is 2.24. The van der Waals surface area contributed by atoms with Crippen molar-refractivity contribution < 1.29 is 0 Å². The molecule has 108 valence electrons. The van der Waals surface area contributed by atoms with Crippen LogP contribution in [0.2, 0.25) is 5.02 Å². The van der Waals surface area contributed by atoms with Gasteiger partial charge in [-0.05, 0) is 43.0 Å². The Hall–Kier alpha value is -2.12. The van der Waals surface area contributed by atoms with E-state index in [0.717, 1.165) is 35.3 Å². The molecule has 0 saturated carbocycles. The highest BCUT2D eigenvalue weighted by atomic mass is 35.5. The maximum Gasteiger partial charge on any atom is 0.171 e. The fraction of sp³-hybridized carbons (Fsp3) is 0.312. The lowest BCUT2D eigenvalue weighted by atomic mass is 10.0. The molecule has 0 radical (unpaired) electrons. The highest BCUT2D eigenvalue weighted by Gasteiger charge is 2.15. The third-order valence-corrected chi connectivity index (χ3v) is 3.66. The van der Waals surface area contributed by atoms with Crippen LogP contribution in [-0.4, -0.2) is 10.2 Å². The molecule has 0 spiro atoms. The normalized spacial score (nSPS) is 10.2. The Labute approximate surface area is 129 Å². The lowest BCUT2D eigenvalue weighted by molar-refractivity contribution is 0.877. The Bertz CT molecular complexity index is 704. The van der Waals surface area contributed by atoms with Crippen LogP contribution in [0, 0.1) is 18.3 Å². The van der Waals surface area contributed by atoms with Crippen molar-refractivity contribution in [2.45, 2.75) is 33.6 Å². The molecule has 2 rings (SSSR count). The first-order valence-corrected chi connectivity index (χ1v) is 7.30. The molecule has 2 aromatic rings. The van der Waals surface area contributed by atoms with E-state index in [1.807, 2.05) is 39.0 Å². The molecule has 0 aliphatic heterocycles. The Morgan fingerprint density at radius 2 is 2.00 bits per heavy atom. The van der Waals surface area contributed by atoms with Crippen LogP contribution in [0.1, 0.15) is 36.2 Å². The lowest BCUT2D eigenvalue weighted by Crippen LogP contribution is -2.07. The molecule has 0 fully saturated rings. The predicted molar refractivity (Wildman–Crippen MR) is 85.0 cm³/mol. The second kappa shape index (κ2) is 6.55. The van der Waals surface area contributed by atoms with Gasteiger partial charge in [0.1, 0.15) is 11.6 Å². The number of nitrogens with zero attached hydrogens (tertiary/aromatic N) is 3. The van der Waals surface area contributed by atoms with Crippen LogP contribution in [0.4, 0.5) is 11.5 Å². The topological polar surface area (TPSA) is 61.6 Å². The van der Waals surface area contributed by atoms with E-state index >= 15 is 0 Å². The molecule has 0 bridgehead atoms. The molecule has 4 nitrogen and oxygen atoms in total. The maximum atomic E-state index is 9.46. The SMILES string of the molecule is CCc1nnc(Nc2cc(C)ccc2Cl)c(C#N)c1CC. The summed E-state index contributed by atoms with van der Waals surface area (Å²) in [6.07, 6.45) is 1.51. The zero-order chi connectivity index (χ0) is 15.4. The number of rotatable bonds is 4. The molecule has 0 atom stereocenters. The first-order chi connectivity index (χ1) is 10.1. The third kappa shape index (κ3) is 3.14. The van der Waals surface area contributed by atoms with Gasteiger partial charge in [0.15, 0.2) is 5.82 Å². The van der Waals surface area contributed by atoms with E-state index in [2.05, 4.69) is 21.6 Å². The van der Waals surface area contributed by atoms with Crippen molar-refractivity contribution in [2.24, 2.45) is 0 Å². The smallest absolute Gasteiger partial charge is 0.171 e. The number of hydrogen-bond donors (Lipinski definition) is 1. The van der Waals surface area contributed by atoms with Gasteiger partial charge in [0.05, 0.1) is 16.4 Å². The van der Waals surface area contributed by atoms with Gasteiger partial charge >= 0.3 is 0 Å². The molecule has 5 heteroatoms. The molecular formula is C16H17ClN4. The average Bonchev–Trinajstić information content (AvgIpc) is 2.50. The first kappa shape index (κ1) is 15.3. The summed E-state index contributed by atoms with van der Waals surface area (Å²) in [5, 5.41) is 21.5. The Morgan fingerprint density at radius 1 is 1.24 bits per heavy atom. The summed E-state index contributed by atoms with van der Waals surface area (Å²) in [7, 11) is 0. The molecule has 1 aromatic heterocycles. The van der Waals surface area contributed by atoms with E-state index in [4.69, 9.17) is 11.6 Å². The molecule has 1 heterocycles. The number of aryl methyl sites for hydroxylation is 2. The summed E-state index contributed by atoms with van der Waals surface area (Å²) >= 11 is 6.18. The van der Waals surface area contributed by atoms with Gasteiger partial charge in [0.25, 0.3) is 0 Å². The molecule has 0 unspecified atom stereocenters. The van der Waals surface area contributed by atoms with Gasteiger partial charge in [-0.2, -0.15) is 10.4 Å². The minimum Gasteiger partial charge on any atom is -0.336 e. The van der Waals surface area contributed by atoms with Crippen molar-refractivity contribution in [3.8, 4) is 6.07 Å². The van der Waals surface area contributed by atoms with Gasteiger partial charge in [0.2, 0.25) is 0 Å². The second-order valence-corrected chi connectivity index (χ2v) is 5.18. The number of nitriles is 1. The van der Waals surface area contributed by atoms with Crippen LogP contribution in [0.3, 0.4) is 0 Å². The summed E-state index contributed by atoms with van der Waals surface area (Å²) in [4.78, 5) is 0. The van der Waals surface area contributed by atoms with Crippen molar-refractivity contribution in [3.05, 3.63) is 45.6 Å². The van der Waals surface area contributed by atoms with Crippen LogP contribution < -0.4 is 5.32 Å². The highest BCUT2D eigenvalue weighted by molar-refractivity contribution is 6.33. The summed E-state index contributed by atoms with van der Waals surface area (Å²) in [6, 6.07) is 7.91. The van der Waals surface area contributed by atoms with E-state index in [9.17, 15) is 5.26 Å². The number of hydrogen-bond acceptors (Lipinski definition) is 4. The van der Waals surface area contributed by atoms with Gasteiger partial charge in [-0.3, -0.25) is 0 Å². The van der Waals surface area contributed by atoms with E-state index in [1.54, 1.807) is 0 Å². The van der Waals surface area contributed by atoms with E-state index in [0.29, 0.717) is 16.4 Å². The average molecular weight is 301 g/mol. The molecule has 0 aliphatic carbocycles. The number of halogens is 1. The van der Waals surface area contributed by atoms with Crippen LogP contribution in [0.25, 0.3) is 0 Å². The fourth-order valence-corrected chi connectivity index (χ4v) is 2.41. The zero-order valence-electron chi connectivity index (χ0n) is 12.4. The molecule has 0 saturated heterocycles. The van der Waals surface area contributed by atoms with Crippen LogP contribution >= 0.6 is 11.6 Å². The standard InChI is InChI=1S/C16H17ClN4/c1-4-11-12(9-18)16(21-20-14(11)5-2)19-15-8-10(3)6-7-13(15)17/h6-8H,4-5H2,1-3H3,(H,19,21). The number of anilines is 2. The van der Waals surface area contributed by atoms with Crippen LogP contribution in [0.5, 0.6) is 0 Å². The summed E-state index contributed by atoms with van der Waals surface area (Å²) in [6.45, 7) is 6.01. The van der Waals surface area contributed by atoms with E-state index in [-0.39, 0.29) is 0 Å². The minimum absolute atomic E-state index is 0.457. The van der Waals surface area contributed by atoms with Crippen LogP contribution in [-0.2, 0) is 12.8 Å². The van der Waals surface area contributed by atoms with E-state index in [1.165, 1.54) is 0 Å². The summed E-state index contributed by atoms with van der Waals surface area (Å²) < 4.78 is 0. The van der Waals surface area contributed by atoms with Crippen LogP contribution in [0.15, 0.2) is 18.2 Å². The highest BCUT2D eigenvalue weighted by Crippen LogP contribution is 2.28. The monoisotopic (exact) mass is 300 g/mol. The Kier molecular flexibility index (Phi) is 4.77. The molecule has 1 aromatic carbocycles. The zero-order valence-corrected chi connectivity index (χ0v) is 13.1. The molecule has 1 N–H and O–H groups in total. The predicted octanol–water partition coefficient (Wildman–Crippen LogP) is 4.18. The lowest BCUT2D eigenvalue weighted by Gasteiger charge is -2.13. The van der Waals surface area contributed by atoms with Gasteiger partial charge in [-0.15, -0.1) is 5.10 Å². The second-order valence-electron chi connectivity index (χ2n) is 4.78. The minimum atomic E-state index is 0.457. The number of benzene rings is 1. The Balaban J connectivity index is 2.50. The van der Waals surface area contributed by atoms with E-state index < -0.39 is 0 Å². The van der Waals surface area contributed by atoms with Gasteiger partial charge in [-0.25, -0.2) is 0 Å². The molecular weight excluding hydrogens is 284 g/mol. The van der Waals surface area contributed by atoms with Crippen molar-refractivity contribution in [1.29, 1.82) is 5.26 Å². The Morgan fingerprint density at radius 3 is 2.62 bits per heavy atom. The van der Waals surface area contributed by atoms with Crippen molar-refractivity contribution in [2.75, 3.05) is 5.32 Å². The molecule has 21 heavy (non-hydrogen) atoms. The first-order valence-electron chi connectivity index (χ1n) is 6.92. The third-order valence-electron chi connectivity index (χ3n) is 3.33. The molecule has 0 amide bonds.